The minimum absolute atomic E-state index is 0.0511. The number of benzene rings is 1. The van der Waals surface area contributed by atoms with E-state index in [4.69, 9.17) is 4.74 Å². The lowest BCUT2D eigenvalue weighted by molar-refractivity contribution is -0.114. The molecule has 7 nitrogen and oxygen atoms in total. The first kappa shape index (κ1) is 18.0. The number of ether oxygens (including phenoxy) is 1. The summed E-state index contributed by atoms with van der Waals surface area (Å²) in [6.07, 6.45) is -0.924. The van der Waals surface area contributed by atoms with Gasteiger partial charge in [-0.15, -0.1) is 0 Å². The van der Waals surface area contributed by atoms with Crippen molar-refractivity contribution in [1.82, 2.24) is 4.31 Å². The van der Waals surface area contributed by atoms with Gasteiger partial charge in [0.1, 0.15) is 0 Å². The number of anilines is 1. The quantitative estimate of drug-likeness (QED) is 0.893. The molecule has 0 saturated carbocycles. The minimum atomic E-state index is -4.04. The summed E-state index contributed by atoms with van der Waals surface area (Å²) in [5.41, 5.74) is 1.10. The number of nitrogens with one attached hydrogen (secondary N) is 1. The van der Waals surface area contributed by atoms with Crippen LogP contribution in [-0.4, -0.2) is 37.9 Å². The van der Waals surface area contributed by atoms with E-state index in [1.165, 1.54) is 26.0 Å². The van der Waals surface area contributed by atoms with Crippen LogP contribution in [-0.2, 0) is 19.6 Å². The third kappa shape index (κ3) is 3.97. The standard InChI is InChI=1S/C14H20N2O5S/c1-5-16(14(18)21-6-2)22(19,20)12-8-7-10(3)13(9-12)15-11(4)17/h7-9H,5-6H2,1-4H3,(H,15,17). The SMILES string of the molecule is CCOC(=O)N(CC)S(=O)(=O)c1ccc(C)c(NC(C)=O)c1. The molecule has 122 valence electrons. The third-order valence-corrected chi connectivity index (χ3v) is 4.70. The van der Waals surface area contributed by atoms with E-state index in [1.807, 2.05) is 0 Å². The molecule has 0 aliphatic carbocycles. The predicted molar refractivity (Wildman–Crippen MR) is 82.1 cm³/mol. The maximum atomic E-state index is 12.5. The molecule has 0 bridgehead atoms. The van der Waals surface area contributed by atoms with Gasteiger partial charge >= 0.3 is 6.09 Å². The molecular weight excluding hydrogens is 308 g/mol. The van der Waals surface area contributed by atoms with Crippen molar-refractivity contribution in [3.05, 3.63) is 23.8 Å². The van der Waals surface area contributed by atoms with Crippen molar-refractivity contribution in [2.24, 2.45) is 0 Å². The van der Waals surface area contributed by atoms with E-state index in [0.717, 1.165) is 0 Å². The van der Waals surface area contributed by atoms with Crippen LogP contribution < -0.4 is 5.32 Å². The number of rotatable bonds is 5. The van der Waals surface area contributed by atoms with Gasteiger partial charge in [0.2, 0.25) is 5.91 Å². The molecule has 0 aliphatic heterocycles. The largest absolute Gasteiger partial charge is 0.449 e. The second-order valence-corrected chi connectivity index (χ2v) is 6.39. The van der Waals surface area contributed by atoms with Gasteiger partial charge in [0.05, 0.1) is 11.5 Å². The molecule has 0 heterocycles. The lowest BCUT2D eigenvalue weighted by Crippen LogP contribution is -2.37. The van der Waals surface area contributed by atoms with Crippen molar-refractivity contribution in [1.29, 1.82) is 0 Å². The summed E-state index contributed by atoms with van der Waals surface area (Å²) in [6.45, 7) is 6.24. The van der Waals surface area contributed by atoms with E-state index >= 15 is 0 Å². The monoisotopic (exact) mass is 328 g/mol. The molecular formula is C14H20N2O5S. The highest BCUT2D eigenvalue weighted by Crippen LogP contribution is 2.23. The first-order valence-electron chi connectivity index (χ1n) is 6.81. The van der Waals surface area contributed by atoms with Crippen molar-refractivity contribution in [3.63, 3.8) is 0 Å². The minimum Gasteiger partial charge on any atom is -0.449 e. The number of sulfonamides is 1. The zero-order chi connectivity index (χ0) is 16.9. The third-order valence-electron chi connectivity index (χ3n) is 2.87. The van der Waals surface area contributed by atoms with Crippen LogP contribution in [0.4, 0.5) is 10.5 Å². The highest BCUT2D eigenvalue weighted by atomic mass is 32.2. The maximum absolute atomic E-state index is 12.5. The average Bonchev–Trinajstić information content (AvgIpc) is 2.41. The molecule has 1 aromatic carbocycles. The molecule has 0 saturated heterocycles. The van der Waals surface area contributed by atoms with Crippen LogP contribution in [0.2, 0.25) is 0 Å². The second-order valence-electron chi connectivity index (χ2n) is 4.53. The lowest BCUT2D eigenvalue weighted by atomic mass is 10.2. The fourth-order valence-corrected chi connectivity index (χ4v) is 3.16. The van der Waals surface area contributed by atoms with E-state index in [2.05, 4.69) is 5.32 Å². The molecule has 0 atom stereocenters. The molecule has 0 spiro atoms. The van der Waals surface area contributed by atoms with Crippen LogP contribution in [0.5, 0.6) is 0 Å². The van der Waals surface area contributed by atoms with E-state index in [0.29, 0.717) is 15.6 Å². The summed E-state index contributed by atoms with van der Waals surface area (Å²) < 4.78 is 30.5. The summed E-state index contributed by atoms with van der Waals surface area (Å²) in [6, 6.07) is 4.28. The van der Waals surface area contributed by atoms with Crippen molar-refractivity contribution >= 4 is 27.7 Å². The highest BCUT2D eigenvalue weighted by Gasteiger charge is 2.29. The van der Waals surface area contributed by atoms with Gasteiger partial charge in [-0.2, -0.15) is 0 Å². The Kier molecular flexibility index (Phi) is 5.92. The van der Waals surface area contributed by atoms with Crippen LogP contribution in [0.25, 0.3) is 0 Å². The number of carbonyl (C=O) groups excluding carboxylic acids is 2. The van der Waals surface area contributed by atoms with Crippen molar-refractivity contribution < 1.29 is 22.7 Å². The van der Waals surface area contributed by atoms with Crippen LogP contribution in [0, 0.1) is 6.92 Å². The van der Waals surface area contributed by atoms with Crippen molar-refractivity contribution in [3.8, 4) is 0 Å². The Hall–Kier alpha value is -2.09. The molecule has 8 heteroatoms. The molecule has 22 heavy (non-hydrogen) atoms. The van der Waals surface area contributed by atoms with Gasteiger partial charge < -0.3 is 10.1 Å². The zero-order valence-corrected chi connectivity index (χ0v) is 13.9. The van der Waals surface area contributed by atoms with Gasteiger partial charge in [0, 0.05) is 19.2 Å². The number of amides is 2. The van der Waals surface area contributed by atoms with E-state index in [1.54, 1.807) is 19.9 Å². The first-order valence-corrected chi connectivity index (χ1v) is 8.25. The predicted octanol–water partition coefficient (Wildman–Crippen LogP) is 2.12. The van der Waals surface area contributed by atoms with Crippen LogP contribution in [0.3, 0.4) is 0 Å². The average molecular weight is 328 g/mol. The highest BCUT2D eigenvalue weighted by molar-refractivity contribution is 7.89. The number of nitrogens with zero attached hydrogens (tertiary/aromatic N) is 1. The van der Waals surface area contributed by atoms with Crippen LogP contribution in [0.15, 0.2) is 23.1 Å². The Labute approximate surface area is 130 Å². The molecule has 1 N–H and O–H groups in total. The molecule has 0 fully saturated rings. The van der Waals surface area contributed by atoms with E-state index in [9.17, 15) is 18.0 Å². The van der Waals surface area contributed by atoms with E-state index < -0.39 is 16.1 Å². The molecule has 0 unspecified atom stereocenters. The molecule has 0 radical (unpaired) electrons. The topological polar surface area (TPSA) is 92.8 Å². The summed E-state index contributed by atoms with van der Waals surface area (Å²) >= 11 is 0. The fourth-order valence-electron chi connectivity index (χ4n) is 1.81. The van der Waals surface area contributed by atoms with Gasteiger partial charge in [-0.3, -0.25) is 4.79 Å². The van der Waals surface area contributed by atoms with Gasteiger partial charge in [0.25, 0.3) is 10.0 Å². The van der Waals surface area contributed by atoms with Gasteiger partial charge in [-0.25, -0.2) is 17.5 Å². The second kappa shape index (κ2) is 7.26. The lowest BCUT2D eigenvalue weighted by Gasteiger charge is -2.20. The van der Waals surface area contributed by atoms with Crippen molar-refractivity contribution in [2.45, 2.75) is 32.6 Å². The number of aryl methyl sites for hydroxylation is 1. The molecule has 0 aliphatic rings. The molecule has 2 amide bonds. The Morgan fingerprint density at radius 1 is 1.27 bits per heavy atom. The number of carbonyl (C=O) groups is 2. The molecule has 1 rings (SSSR count). The van der Waals surface area contributed by atoms with Gasteiger partial charge in [-0.05, 0) is 38.5 Å². The molecule has 1 aromatic rings. The van der Waals surface area contributed by atoms with Crippen LogP contribution >= 0.6 is 0 Å². The number of hydrogen-bond acceptors (Lipinski definition) is 5. The Morgan fingerprint density at radius 3 is 2.41 bits per heavy atom. The van der Waals surface area contributed by atoms with Crippen LogP contribution in [0.1, 0.15) is 26.3 Å². The van der Waals surface area contributed by atoms with Gasteiger partial charge in [0.15, 0.2) is 0 Å². The van der Waals surface area contributed by atoms with Gasteiger partial charge in [-0.1, -0.05) is 6.07 Å². The normalized spacial score (nSPS) is 10.9. The van der Waals surface area contributed by atoms with E-state index in [-0.39, 0.29) is 24.0 Å². The fraction of sp³-hybridized carbons (Fsp3) is 0.429. The number of hydrogen-bond donors (Lipinski definition) is 1. The maximum Gasteiger partial charge on any atom is 0.423 e. The smallest absolute Gasteiger partial charge is 0.423 e. The summed E-state index contributed by atoms with van der Waals surface area (Å²) in [7, 11) is -4.04. The summed E-state index contributed by atoms with van der Waals surface area (Å²) in [4.78, 5) is 22.9. The van der Waals surface area contributed by atoms with Crippen molar-refractivity contribution in [2.75, 3.05) is 18.5 Å². The zero-order valence-electron chi connectivity index (χ0n) is 13.0. The summed E-state index contributed by atoms with van der Waals surface area (Å²) in [5, 5.41) is 2.56. The molecule has 0 aromatic heterocycles. The first-order chi connectivity index (χ1) is 10.2. The Bertz CT molecular complexity index is 670. The Balaban J connectivity index is 3.27. The Morgan fingerprint density at radius 2 is 1.91 bits per heavy atom. The summed E-state index contributed by atoms with van der Waals surface area (Å²) in [5.74, 6) is -0.310.